The molecule has 1 heterocycles. The molecule has 0 radical (unpaired) electrons. The smallest absolute Gasteiger partial charge is 0.126 e. The summed E-state index contributed by atoms with van der Waals surface area (Å²) in [5, 5.41) is 20.4. The molecule has 1 rings (SSSR count). The molecule has 1 aromatic rings. The number of pyridine rings is 1. The minimum atomic E-state index is 0.157. The van der Waals surface area contributed by atoms with Crippen LogP contribution in [0.5, 0.6) is 0 Å². The number of nitrogens with one attached hydrogen (secondary N) is 1. The second-order valence-corrected chi connectivity index (χ2v) is 3.10. The largest absolute Gasteiger partial charge is 0.396 e. The number of aliphatic hydroxyl groups excluding tert-OH is 1. The molecule has 4 heteroatoms. The van der Waals surface area contributed by atoms with Gasteiger partial charge in [0.05, 0.1) is 5.56 Å². The zero-order valence-electron chi connectivity index (χ0n) is 8.07. The molecule has 0 amide bonds. The molecule has 4 nitrogen and oxygen atoms in total. The molecule has 14 heavy (non-hydrogen) atoms. The van der Waals surface area contributed by atoms with E-state index in [1.165, 1.54) is 6.20 Å². The first-order valence-electron chi connectivity index (χ1n) is 4.50. The minimum absolute atomic E-state index is 0.157. The Morgan fingerprint density at radius 1 is 1.64 bits per heavy atom. The van der Waals surface area contributed by atoms with Crippen molar-refractivity contribution in [2.24, 2.45) is 0 Å². The van der Waals surface area contributed by atoms with E-state index in [0.717, 1.165) is 5.82 Å². The van der Waals surface area contributed by atoms with Gasteiger partial charge >= 0.3 is 0 Å². The Hall–Kier alpha value is -1.60. The summed E-state index contributed by atoms with van der Waals surface area (Å²) < 4.78 is 0. The molecule has 0 bridgehead atoms. The first-order chi connectivity index (χ1) is 6.76. The summed E-state index contributed by atoms with van der Waals surface area (Å²) in [5.41, 5.74) is 0.547. The second kappa shape index (κ2) is 5.20. The van der Waals surface area contributed by atoms with Gasteiger partial charge in [0.25, 0.3) is 0 Å². The van der Waals surface area contributed by atoms with Crippen LogP contribution in [0.15, 0.2) is 18.3 Å². The number of hydrogen-bond acceptors (Lipinski definition) is 4. The van der Waals surface area contributed by atoms with Crippen molar-refractivity contribution in [2.75, 3.05) is 11.9 Å². The molecule has 0 aliphatic carbocycles. The lowest BCUT2D eigenvalue weighted by Gasteiger charge is -2.12. The fourth-order valence-corrected chi connectivity index (χ4v) is 1.06. The van der Waals surface area contributed by atoms with Gasteiger partial charge in [-0.15, -0.1) is 0 Å². The van der Waals surface area contributed by atoms with Crippen molar-refractivity contribution in [2.45, 2.75) is 19.4 Å². The van der Waals surface area contributed by atoms with Crippen molar-refractivity contribution in [1.29, 1.82) is 5.26 Å². The van der Waals surface area contributed by atoms with Crippen LogP contribution >= 0.6 is 0 Å². The third-order valence-electron chi connectivity index (χ3n) is 1.85. The number of anilines is 1. The molecule has 0 unspecified atom stereocenters. The Kier molecular flexibility index (Phi) is 3.89. The van der Waals surface area contributed by atoms with Crippen molar-refractivity contribution < 1.29 is 5.11 Å². The fraction of sp³-hybridized carbons (Fsp3) is 0.400. The third-order valence-corrected chi connectivity index (χ3v) is 1.85. The van der Waals surface area contributed by atoms with Crippen LogP contribution in [0.3, 0.4) is 0 Å². The second-order valence-electron chi connectivity index (χ2n) is 3.10. The van der Waals surface area contributed by atoms with Gasteiger partial charge in [-0.25, -0.2) is 4.98 Å². The summed E-state index contributed by atoms with van der Waals surface area (Å²) >= 11 is 0. The lowest BCUT2D eigenvalue weighted by atomic mass is 10.2. The lowest BCUT2D eigenvalue weighted by Crippen LogP contribution is -2.17. The highest BCUT2D eigenvalue weighted by atomic mass is 16.3. The van der Waals surface area contributed by atoms with E-state index in [1.54, 1.807) is 12.1 Å². The van der Waals surface area contributed by atoms with Gasteiger partial charge in [0.15, 0.2) is 0 Å². The Morgan fingerprint density at radius 2 is 2.43 bits per heavy atom. The fourth-order valence-electron chi connectivity index (χ4n) is 1.06. The van der Waals surface area contributed by atoms with E-state index >= 15 is 0 Å². The van der Waals surface area contributed by atoms with Crippen molar-refractivity contribution in [1.82, 2.24) is 4.98 Å². The quantitative estimate of drug-likeness (QED) is 0.748. The molecule has 0 aliphatic heterocycles. The number of hydrogen-bond donors (Lipinski definition) is 2. The van der Waals surface area contributed by atoms with E-state index in [4.69, 9.17) is 10.4 Å². The van der Waals surface area contributed by atoms with Crippen molar-refractivity contribution in [3.05, 3.63) is 23.9 Å². The number of aromatic nitrogens is 1. The van der Waals surface area contributed by atoms with Crippen molar-refractivity contribution in [3.63, 3.8) is 0 Å². The van der Waals surface area contributed by atoms with Crippen LogP contribution in [0.2, 0.25) is 0 Å². The first-order valence-corrected chi connectivity index (χ1v) is 4.50. The summed E-state index contributed by atoms with van der Waals surface area (Å²) in [6, 6.07) is 5.65. The molecule has 0 aromatic carbocycles. The van der Waals surface area contributed by atoms with Crippen LogP contribution in [0.1, 0.15) is 18.9 Å². The van der Waals surface area contributed by atoms with E-state index in [2.05, 4.69) is 10.3 Å². The zero-order valence-corrected chi connectivity index (χ0v) is 8.07. The number of rotatable bonds is 4. The Bertz CT molecular complexity index is 315. The van der Waals surface area contributed by atoms with Crippen LogP contribution < -0.4 is 5.32 Å². The first kappa shape index (κ1) is 10.5. The maximum Gasteiger partial charge on any atom is 0.126 e. The molecule has 0 spiro atoms. The number of aliphatic hydroxyl groups is 1. The Labute approximate surface area is 83.2 Å². The van der Waals surface area contributed by atoms with Gasteiger partial charge < -0.3 is 10.4 Å². The summed E-state index contributed by atoms with van der Waals surface area (Å²) in [6.45, 7) is 2.13. The molecule has 1 atom stereocenters. The van der Waals surface area contributed by atoms with Crippen molar-refractivity contribution in [3.8, 4) is 6.07 Å². The van der Waals surface area contributed by atoms with Gasteiger partial charge in [0, 0.05) is 18.8 Å². The molecular formula is C10H13N3O. The Morgan fingerprint density at radius 3 is 2.93 bits per heavy atom. The van der Waals surface area contributed by atoms with Gasteiger partial charge in [-0.1, -0.05) is 0 Å². The monoisotopic (exact) mass is 191 g/mol. The van der Waals surface area contributed by atoms with Crippen LogP contribution in [0.4, 0.5) is 5.82 Å². The van der Waals surface area contributed by atoms with E-state index in [9.17, 15) is 0 Å². The minimum Gasteiger partial charge on any atom is -0.396 e. The molecule has 0 saturated carbocycles. The van der Waals surface area contributed by atoms with E-state index in [-0.39, 0.29) is 12.6 Å². The number of nitriles is 1. The molecule has 0 saturated heterocycles. The summed E-state index contributed by atoms with van der Waals surface area (Å²) in [6.07, 6.45) is 2.20. The van der Waals surface area contributed by atoms with Gasteiger partial charge in [0.1, 0.15) is 11.9 Å². The predicted molar refractivity (Wildman–Crippen MR) is 53.7 cm³/mol. The maximum atomic E-state index is 8.69. The van der Waals surface area contributed by atoms with Gasteiger partial charge in [-0.2, -0.15) is 5.26 Å². The van der Waals surface area contributed by atoms with Crippen molar-refractivity contribution >= 4 is 5.82 Å². The highest BCUT2D eigenvalue weighted by Crippen LogP contribution is 2.06. The predicted octanol–water partition coefficient (Wildman–Crippen LogP) is 1.14. The Balaban J connectivity index is 2.56. The van der Waals surface area contributed by atoms with Gasteiger partial charge in [0.2, 0.25) is 0 Å². The summed E-state index contributed by atoms with van der Waals surface area (Å²) in [5.74, 6) is 0.727. The summed E-state index contributed by atoms with van der Waals surface area (Å²) in [7, 11) is 0. The molecular weight excluding hydrogens is 178 g/mol. The molecule has 0 aliphatic rings. The van der Waals surface area contributed by atoms with Gasteiger partial charge in [-0.3, -0.25) is 0 Å². The number of nitrogens with zero attached hydrogens (tertiary/aromatic N) is 2. The molecule has 74 valence electrons. The molecule has 0 fully saturated rings. The zero-order chi connectivity index (χ0) is 10.4. The van der Waals surface area contributed by atoms with E-state index in [1.807, 2.05) is 13.0 Å². The van der Waals surface area contributed by atoms with Crippen LogP contribution in [-0.4, -0.2) is 22.7 Å². The van der Waals surface area contributed by atoms with E-state index in [0.29, 0.717) is 12.0 Å². The molecule has 2 N–H and O–H groups in total. The maximum absolute atomic E-state index is 8.69. The lowest BCUT2D eigenvalue weighted by molar-refractivity contribution is 0.282. The average molecular weight is 191 g/mol. The van der Waals surface area contributed by atoms with Crippen LogP contribution in [-0.2, 0) is 0 Å². The normalized spacial score (nSPS) is 11.8. The molecule has 1 aromatic heterocycles. The van der Waals surface area contributed by atoms with Gasteiger partial charge in [-0.05, 0) is 25.5 Å². The van der Waals surface area contributed by atoms with E-state index < -0.39 is 0 Å². The third kappa shape index (κ3) is 3.04. The van der Waals surface area contributed by atoms with Crippen LogP contribution in [0, 0.1) is 11.3 Å². The highest BCUT2D eigenvalue weighted by Gasteiger charge is 2.01. The average Bonchev–Trinajstić information content (AvgIpc) is 2.19. The topological polar surface area (TPSA) is 68.9 Å². The van der Waals surface area contributed by atoms with Crippen LogP contribution in [0.25, 0.3) is 0 Å². The standard InChI is InChI=1S/C10H13N3O/c1-8(4-5-14)13-10-3-2-9(6-11)7-12-10/h2-3,7-8,14H,4-5H2,1H3,(H,12,13)/t8-/m1/s1. The SMILES string of the molecule is C[C@H](CCO)Nc1ccc(C#N)cn1. The summed E-state index contributed by atoms with van der Waals surface area (Å²) in [4.78, 5) is 4.06. The highest BCUT2D eigenvalue weighted by molar-refractivity contribution is 5.39.